The molecule has 1 aliphatic carbocycles. The standard InChI is InChI=1S/C18H23F3N2O3S/c19-18(20,21)14-4-3-5-16(11-14)26-12-17-13-6-7-15(10-13)23(17)27(24,25)22-8-1-2-9-22/h3-5,11,13,15,17H,1-2,6-10,12H2/t13-,15+,17+/m0/s1. The first-order valence-electron chi connectivity index (χ1n) is 9.35. The molecule has 2 bridgehead atoms. The third-order valence-electron chi connectivity index (χ3n) is 5.92. The summed E-state index contributed by atoms with van der Waals surface area (Å²) >= 11 is 0. The van der Waals surface area contributed by atoms with Gasteiger partial charge in [-0.25, -0.2) is 0 Å². The van der Waals surface area contributed by atoms with E-state index in [4.69, 9.17) is 4.74 Å². The summed E-state index contributed by atoms with van der Waals surface area (Å²) < 4.78 is 73.5. The first-order valence-corrected chi connectivity index (χ1v) is 10.7. The molecule has 5 nitrogen and oxygen atoms in total. The van der Waals surface area contributed by atoms with Gasteiger partial charge >= 0.3 is 6.18 Å². The number of hydrogen-bond donors (Lipinski definition) is 0. The zero-order chi connectivity index (χ0) is 19.2. The third kappa shape index (κ3) is 3.56. The zero-order valence-corrected chi connectivity index (χ0v) is 15.7. The molecule has 1 aromatic rings. The fourth-order valence-electron chi connectivity index (χ4n) is 4.62. The molecule has 9 heteroatoms. The molecule has 1 aromatic carbocycles. The van der Waals surface area contributed by atoms with Crippen molar-refractivity contribution < 1.29 is 26.3 Å². The van der Waals surface area contributed by atoms with Gasteiger partial charge < -0.3 is 4.74 Å². The fourth-order valence-corrected chi connectivity index (χ4v) is 6.75. The number of halogens is 3. The van der Waals surface area contributed by atoms with Gasteiger partial charge in [0.1, 0.15) is 12.4 Å². The molecule has 3 aliphatic rings. The molecule has 0 N–H and O–H groups in total. The van der Waals surface area contributed by atoms with Gasteiger partial charge in [0, 0.05) is 19.1 Å². The van der Waals surface area contributed by atoms with Crippen molar-refractivity contribution in [2.75, 3.05) is 19.7 Å². The van der Waals surface area contributed by atoms with E-state index in [0.29, 0.717) is 13.1 Å². The summed E-state index contributed by atoms with van der Waals surface area (Å²) in [7, 11) is -3.55. The molecule has 0 amide bonds. The minimum absolute atomic E-state index is 0.0179. The first-order chi connectivity index (χ1) is 12.8. The molecule has 0 spiro atoms. The van der Waals surface area contributed by atoms with Crippen LogP contribution >= 0.6 is 0 Å². The van der Waals surface area contributed by atoms with Crippen LogP contribution in [-0.4, -0.2) is 48.8 Å². The normalized spacial score (nSPS) is 29.5. The van der Waals surface area contributed by atoms with E-state index in [1.165, 1.54) is 16.4 Å². The number of hydrogen-bond acceptors (Lipinski definition) is 3. The highest BCUT2D eigenvalue weighted by Gasteiger charge is 2.53. The maximum atomic E-state index is 13.1. The van der Waals surface area contributed by atoms with E-state index in [2.05, 4.69) is 0 Å². The van der Waals surface area contributed by atoms with Gasteiger partial charge in [-0.1, -0.05) is 6.07 Å². The monoisotopic (exact) mass is 404 g/mol. The van der Waals surface area contributed by atoms with Crippen molar-refractivity contribution in [1.29, 1.82) is 0 Å². The smallest absolute Gasteiger partial charge is 0.416 e. The molecule has 27 heavy (non-hydrogen) atoms. The average molecular weight is 404 g/mol. The predicted molar refractivity (Wildman–Crippen MR) is 93.4 cm³/mol. The Kier molecular flexibility index (Phi) is 4.88. The molecular weight excluding hydrogens is 381 g/mol. The van der Waals surface area contributed by atoms with E-state index in [1.807, 2.05) is 0 Å². The SMILES string of the molecule is O=S(=O)(N1CCCC1)N1[C@@H]2CC[C@@H](C2)[C@H]1COc1cccc(C(F)(F)F)c1. The Morgan fingerprint density at radius 2 is 1.89 bits per heavy atom. The quantitative estimate of drug-likeness (QED) is 0.757. The minimum Gasteiger partial charge on any atom is -0.492 e. The number of benzene rings is 1. The topological polar surface area (TPSA) is 49.9 Å². The Hall–Kier alpha value is -1.32. The Balaban J connectivity index is 1.51. The second kappa shape index (κ2) is 6.93. The van der Waals surface area contributed by atoms with Crippen molar-refractivity contribution >= 4 is 10.2 Å². The van der Waals surface area contributed by atoms with Gasteiger partial charge in [-0.05, 0) is 56.2 Å². The maximum Gasteiger partial charge on any atom is 0.416 e. The van der Waals surface area contributed by atoms with Gasteiger partial charge in [-0.2, -0.15) is 30.2 Å². The highest BCUT2D eigenvalue weighted by molar-refractivity contribution is 7.86. The first kappa shape index (κ1) is 19.0. The predicted octanol–water partition coefficient (Wildman–Crippen LogP) is 3.28. The lowest BCUT2D eigenvalue weighted by atomic mass is 10.0. The molecule has 0 unspecified atom stereocenters. The summed E-state index contributed by atoms with van der Waals surface area (Å²) in [5, 5.41) is 0. The van der Waals surface area contributed by atoms with Gasteiger partial charge in [-0.3, -0.25) is 0 Å². The van der Waals surface area contributed by atoms with Crippen molar-refractivity contribution in [1.82, 2.24) is 8.61 Å². The van der Waals surface area contributed by atoms with Gasteiger partial charge in [0.05, 0.1) is 11.6 Å². The number of piperidine rings is 1. The van der Waals surface area contributed by atoms with Crippen molar-refractivity contribution in [3.63, 3.8) is 0 Å². The zero-order valence-electron chi connectivity index (χ0n) is 14.9. The summed E-state index contributed by atoms with van der Waals surface area (Å²) in [5.41, 5.74) is -0.769. The van der Waals surface area contributed by atoms with E-state index < -0.39 is 21.9 Å². The van der Waals surface area contributed by atoms with Crippen molar-refractivity contribution in [3.05, 3.63) is 29.8 Å². The molecular formula is C18H23F3N2O3S. The summed E-state index contributed by atoms with van der Waals surface area (Å²) in [4.78, 5) is 0. The lowest BCUT2D eigenvalue weighted by Gasteiger charge is -2.36. The van der Waals surface area contributed by atoms with Crippen LogP contribution in [0.15, 0.2) is 24.3 Å². The van der Waals surface area contributed by atoms with Crippen LogP contribution < -0.4 is 4.74 Å². The lowest BCUT2D eigenvalue weighted by molar-refractivity contribution is -0.137. The van der Waals surface area contributed by atoms with Crippen LogP contribution in [0.3, 0.4) is 0 Å². The average Bonchev–Trinajstić information content (AvgIpc) is 3.35. The molecule has 2 saturated heterocycles. The molecule has 0 aromatic heterocycles. The number of ether oxygens (including phenoxy) is 1. The van der Waals surface area contributed by atoms with E-state index in [-0.39, 0.29) is 30.4 Å². The number of alkyl halides is 3. The van der Waals surface area contributed by atoms with Crippen LogP contribution in [0.2, 0.25) is 0 Å². The lowest BCUT2D eigenvalue weighted by Crippen LogP contribution is -2.52. The van der Waals surface area contributed by atoms with E-state index >= 15 is 0 Å². The van der Waals surface area contributed by atoms with Crippen molar-refractivity contribution in [2.45, 2.75) is 50.4 Å². The van der Waals surface area contributed by atoms with E-state index in [9.17, 15) is 21.6 Å². The largest absolute Gasteiger partial charge is 0.492 e. The van der Waals surface area contributed by atoms with Crippen LogP contribution in [0.4, 0.5) is 13.2 Å². The highest BCUT2D eigenvalue weighted by Crippen LogP contribution is 2.45. The second-order valence-electron chi connectivity index (χ2n) is 7.57. The molecule has 3 fully saturated rings. The van der Waals surface area contributed by atoms with Gasteiger partial charge in [0.2, 0.25) is 0 Å². The number of fused-ring (bicyclic) bond motifs is 2. The van der Waals surface area contributed by atoms with Gasteiger partial charge in [0.15, 0.2) is 0 Å². The van der Waals surface area contributed by atoms with Crippen LogP contribution in [0.5, 0.6) is 5.75 Å². The molecule has 4 rings (SSSR count). The number of nitrogens with zero attached hydrogens (tertiary/aromatic N) is 2. The van der Waals surface area contributed by atoms with Crippen LogP contribution in [0.1, 0.15) is 37.7 Å². The summed E-state index contributed by atoms with van der Waals surface area (Å²) in [6.45, 7) is 1.16. The molecule has 150 valence electrons. The molecule has 1 saturated carbocycles. The Bertz CT molecular complexity index is 793. The molecule has 2 aliphatic heterocycles. The Morgan fingerprint density at radius 3 is 2.59 bits per heavy atom. The summed E-state index contributed by atoms with van der Waals surface area (Å²) in [5.74, 6) is 0.323. The maximum absolute atomic E-state index is 13.1. The van der Waals surface area contributed by atoms with Crippen LogP contribution in [0.25, 0.3) is 0 Å². The van der Waals surface area contributed by atoms with Crippen molar-refractivity contribution in [2.24, 2.45) is 5.92 Å². The van der Waals surface area contributed by atoms with Gasteiger partial charge in [0.25, 0.3) is 10.2 Å². The Labute approximate surface area is 157 Å². The van der Waals surface area contributed by atoms with E-state index in [1.54, 1.807) is 4.31 Å². The van der Waals surface area contributed by atoms with Crippen LogP contribution in [-0.2, 0) is 16.4 Å². The minimum atomic E-state index is -4.43. The van der Waals surface area contributed by atoms with Crippen LogP contribution in [0, 0.1) is 5.92 Å². The molecule has 2 heterocycles. The highest BCUT2D eigenvalue weighted by atomic mass is 32.2. The summed E-state index contributed by atoms with van der Waals surface area (Å²) in [6.07, 6.45) is -0.106. The second-order valence-corrected chi connectivity index (χ2v) is 9.41. The molecule has 3 atom stereocenters. The Morgan fingerprint density at radius 1 is 1.15 bits per heavy atom. The van der Waals surface area contributed by atoms with Gasteiger partial charge in [-0.15, -0.1) is 0 Å². The molecule has 0 radical (unpaired) electrons. The van der Waals surface area contributed by atoms with Crippen molar-refractivity contribution in [3.8, 4) is 5.75 Å². The summed E-state index contributed by atoms with van der Waals surface area (Å²) in [6, 6.07) is 4.40. The third-order valence-corrected chi connectivity index (χ3v) is 8.04. The fraction of sp³-hybridized carbons (Fsp3) is 0.667. The van der Waals surface area contributed by atoms with E-state index in [0.717, 1.165) is 44.2 Å². The number of rotatable bonds is 5.